The molecule has 0 unspecified atom stereocenters. The van der Waals surface area contributed by atoms with E-state index in [1.165, 1.54) is 41.5 Å². The van der Waals surface area contributed by atoms with Gasteiger partial charge in [0.25, 0.3) is 5.91 Å². The summed E-state index contributed by atoms with van der Waals surface area (Å²) in [5, 5.41) is 2.15. The number of aromatic nitrogens is 1. The van der Waals surface area contributed by atoms with E-state index in [4.69, 9.17) is 0 Å². The molecule has 1 aliphatic carbocycles. The van der Waals surface area contributed by atoms with E-state index in [-0.39, 0.29) is 5.91 Å². The molecule has 2 aliphatic rings. The Morgan fingerprint density at radius 1 is 1.00 bits per heavy atom. The molecule has 1 saturated heterocycles. The standard InChI is InChI=1S/C23H27N3OS/c27-23(25-13-11-24(12-14-25)17-18-6-2-1-3-7-18)21-16-22-20(10-15-28-22)26(21)19-8-4-5-9-19/h1-3,6-7,10,15-16,19H,4-5,8-9,11-14,17H2. The van der Waals surface area contributed by atoms with Crippen LogP contribution in [0.1, 0.15) is 47.8 Å². The van der Waals surface area contributed by atoms with Crippen molar-refractivity contribution in [3.05, 3.63) is 59.1 Å². The van der Waals surface area contributed by atoms with Crippen molar-refractivity contribution in [1.29, 1.82) is 0 Å². The van der Waals surface area contributed by atoms with Crippen molar-refractivity contribution in [1.82, 2.24) is 14.4 Å². The van der Waals surface area contributed by atoms with Gasteiger partial charge in [0.05, 0.1) is 10.2 Å². The molecule has 1 amide bonds. The predicted molar refractivity (Wildman–Crippen MR) is 115 cm³/mol. The second kappa shape index (κ2) is 7.72. The van der Waals surface area contributed by atoms with E-state index < -0.39 is 0 Å². The Balaban J connectivity index is 1.31. The zero-order valence-corrected chi connectivity index (χ0v) is 17.0. The van der Waals surface area contributed by atoms with E-state index in [1.807, 2.05) is 0 Å². The Hall–Kier alpha value is -2.11. The molecule has 2 aromatic heterocycles. The van der Waals surface area contributed by atoms with Crippen LogP contribution in [0.2, 0.25) is 0 Å². The van der Waals surface area contributed by atoms with Gasteiger partial charge in [-0.05, 0) is 35.9 Å². The molecule has 0 N–H and O–H groups in total. The van der Waals surface area contributed by atoms with Crippen LogP contribution in [-0.4, -0.2) is 46.5 Å². The molecule has 146 valence electrons. The number of rotatable bonds is 4. The predicted octanol–water partition coefficient (Wildman–Crippen LogP) is 4.78. The fourth-order valence-corrected chi connectivity index (χ4v) is 5.59. The summed E-state index contributed by atoms with van der Waals surface area (Å²) in [6, 6.07) is 15.4. The molecule has 5 rings (SSSR count). The highest BCUT2D eigenvalue weighted by molar-refractivity contribution is 7.17. The number of piperazine rings is 1. The highest BCUT2D eigenvalue weighted by Gasteiger charge is 2.29. The summed E-state index contributed by atoms with van der Waals surface area (Å²) in [7, 11) is 0. The zero-order chi connectivity index (χ0) is 18.9. The van der Waals surface area contributed by atoms with Gasteiger partial charge in [-0.25, -0.2) is 0 Å². The maximum Gasteiger partial charge on any atom is 0.270 e. The molecule has 4 nitrogen and oxygen atoms in total. The van der Waals surface area contributed by atoms with Crippen LogP contribution in [0.25, 0.3) is 10.2 Å². The Bertz CT molecular complexity index is 947. The number of benzene rings is 1. The molecule has 0 atom stereocenters. The molecule has 3 aromatic rings. The SMILES string of the molecule is O=C(c1cc2sccc2n1C1CCCC1)N1CCN(Cc2ccccc2)CC1. The number of fused-ring (bicyclic) bond motifs is 1. The second-order valence-corrected chi connectivity index (χ2v) is 9.01. The van der Waals surface area contributed by atoms with Gasteiger partial charge in [-0.15, -0.1) is 11.3 Å². The van der Waals surface area contributed by atoms with Crippen molar-refractivity contribution >= 4 is 27.5 Å². The first kappa shape index (κ1) is 18.0. The number of carbonyl (C=O) groups excluding carboxylic acids is 1. The fourth-order valence-electron chi connectivity index (χ4n) is 4.78. The number of amides is 1. The van der Waals surface area contributed by atoms with Gasteiger partial charge in [0.15, 0.2) is 0 Å². The molecule has 5 heteroatoms. The maximum absolute atomic E-state index is 13.4. The first-order chi connectivity index (χ1) is 13.8. The number of nitrogens with zero attached hydrogens (tertiary/aromatic N) is 3. The molecule has 0 spiro atoms. The third-order valence-electron chi connectivity index (χ3n) is 6.28. The molecule has 0 radical (unpaired) electrons. The van der Waals surface area contributed by atoms with Crippen molar-refractivity contribution in [3.8, 4) is 0 Å². The number of hydrogen-bond acceptors (Lipinski definition) is 3. The van der Waals surface area contributed by atoms with E-state index >= 15 is 0 Å². The minimum atomic E-state index is 0.217. The monoisotopic (exact) mass is 393 g/mol. The zero-order valence-electron chi connectivity index (χ0n) is 16.2. The maximum atomic E-state index is 13.4. The summed E-state index contributed by atoms with van der Waals surface area (Å²) in [4.78, 5) is 17.9. The lowest BCUT2D eigenvalue weighted by Crippen LogP contribution is -2.48. The first-order valence-electron chi connectivity index (χ1n) is 10.4. The van der Waals surface area contributed by atoms with Crippen LogP contribution < -0.4 is 0 Å². The van der Waals surface area contributed by atoms with Gasteiger partial charge in [-0.2, -0.15) is 0 Å². The van der Waals surface area contributed by atoms with Crippen LogP contribution in [0.15, 0.2) is 47.8 Å². The average Bonchev–Trinajstić information content (AvgIpc) is 3.46. The molecule has 2 fully saturated rings. The van der Waals surface area contributed by atoms with Gasteiger partial charge in [0.1, 0.15) is 5.69 Å². The third-order valence-corrected chi connectivity index (χ3v) is 7.13. The highest BCUT2D eigenvalue weighted by atomic mass is 32.1. The van der Waals surface area contributed by atoms with Gasteiger partial charge in [-0.3, -0.25) is 9.69 Å². The Labute approximate surface area is 170 Å². The minimum Gasteiger partial charge on any atom is -0.335 e. The van der Waals surface area contributed by atoms with Crippen molar-refractivity contribution in [3.63, 3.8) is 0 Å². The van der Waals surface area contributed by atoms with Crippen molar-refractivity contribution in [2.75, 3.05) is 26.2 Å². The fraction of sp³-hybridized carbons (Fsp3) is 0.435. The van der Waals surface area contributed by atoms with Crippen molar-refractivity contribution in [2.45, 2.75) is 38.3 Å². The van der Waals surface area contributed by atoms with E-state index in [0.717, 1.165) is 38.4 Å². The summed E-state index contributed by atoms with van der Waals surface area (Å²) in [5.74, 6) is 0.217. The Morgan fingerprint density at radius 2 is 1.75 bits per heavy atom. The van der Waals surface area contributed by atoms with E-state index in [1.54, 1.807) is 11.3 Å². The lowest BCUT2D eigenvalue weighted by atomic mass is 10.2. The van der Waals surface area contributed by atoms with Gasteiger partial charge in [0.2, 0.25) is 0 Å². The average molecular weight is 394 g/mol. The largest absolute Gasteiger partial charge is 0.335 e. The van der Waals surface area contributed by atoms with Gasteiger partial charge in [0, 0.05) is 38.8 Å². The first-order valence-corrected chi connectivity index (χ1v) is 11.3. The molecule has 1 saturated carbocycles. The van der Waals surface area contributed by atoms with Crippen molar-refractivity contribution < 1.29 is 4.79 Å². The summed E-state index contributed by atoms with van der Waals surface area (Å²) >= 11 is 1.75. The van der Waals surface area contributed by atoms with Gasteiger partial charge in [-0.1, -0.05) is 43.2 Å². The molecule has 3 heterocycles. The number of carbonyl (C=O) groups is 1. The van der Waals surface area contributed by atoms with E-state index in [2.05, 4.69) is 62.2 Å². The van der Waals surface area contributed by atoms with E-state index in [0.29, 0.717) is 6.04 Å². The van der Waals surface area contributed by atoms with Crippen LogP contribution >= 0.6 is 11.3 Å². The highest BCUT2D eigenvalue weighted by Crippen LogP contribution is 2.37. The lowest BCUT2D eigenvalue weighted by Gasteiger charge is -2.35. The van der Waals surface area contributed by atoms with Crippen LogP contribution in [0.5, 0.6) is 0 Å². The Morgan fingerprint density at radius 3 is 2.50 bits per heavy atom. The summed E-state index contributed by atoms with van der Waals surface area (Å²) in [5.41, 5.74) is 3.51. The molecule has 1 aromatic carbocycles. The van der Waals surface area contributed by atoms with Gasteiger partial charge < -0.3 is 9.47 Å². The molecular weight excluding hydrogens is 366 g/mol. The Kier molecular flexibility index (Phi) is 4.95. The normalized spacial score (nSPS) is 18.9. The summed E-state index contributed by atoms with van der Waals surface area (Å²) < 4.78 is 3.61. The third kappa shape index (κ3) is 3.38. The topological polar surface area (TPSA) is 28.5 Å². The molecular formula is C23H27N3OS. The minimum absolute atomic E-state index is 0.217. The van der Waals surface area contributed by atoms with Crippen LogP contribution in [-0.2, 0) is 6.54 Å². The van der Waals surface area contributed by atoms with Crippen molar-refractivity contribution in [2.24, 2.45) is 0 Å². The van der Waals surface area contributed by atoms with Crippen LogP contribution in [0.3, 0.4) is 0 Å². The van der Waals surface area contributed by atoms with Crippen LogP contribution in [0, 0.1) is 0 Å². The number of hydrogen-bond donors (Lipinski definition) is 0. The lowest BCUT2D eigenvalue weighted by molar-refractivity contribution is 0.0616. The smallest absolute Gasteiger partial charge is 0.270 e. The quantitative estimate of drug-likeness (QED) is 0.638. The van der Waals surface area contributed by atoms with Gasteiger partial charge >= 0.3 is 0 Å². The summed E-state index contributed by atoms with van der Waals surface area (Å²) in [6.45, 7) is 4.49. The second-order valence-electron chi connectivity index (χ2n) is 8.06. The molecule has 0 bridgehead atoms. The van der Waals surface area contributed by atoms with E-state index in [9.17, 15) is 4.79 Å². The summed E-state index contributed by atoms with van der Waals surface area (Å²) in [6.07, 6.45) is 4.95. The van der Waals surface area contributed by atoms with Crippen LogP contribution in [0.4, 0.5) is 0 Å². The number of thiophene rings is 1. The molecule has 1 aliphatic heterocycles. The molecule has 28 heavy (non-hydrogen) atoms.